The highest BCUT2D eigenvalue weighted by Gasteiger charge is 2.11. The zero-order valence-electron chi connectivity index (χ0n) is 11.8. The number of ether oxygens (including phenoxy) is 3. The largest absolute Gasteiger partial charge is 0.504 e. The summed E-state index contributed by atoms with van der Waals surface area (Å²) in [7, 11) is 1.53. The first-order valence-electron chi connectivity index (χ1n) is 6.75. The van der Waals surface area contributed by atoms with Crippen LogP contribution in [0.4, 0.5) is 5.69 Å². The number of benzene rings is 2. The topological polar surface area (TPSA) is 60.0 Å². The molecule has 0 radical (unpaired) electrons. The van der Waals surface area contributed by atoms with Gasteiger partial charge in [0.05, 0.1) is 7.11 Å². The van der Waals surface area contributed by atoms with Crippen LogP contribution in [0.15, 0.2) is 36.4 Å². The molecular formula is C16H17NO4. The van der Waals surface area contributed by atoms with Crippen LogP contribution in [0, 0.1) is 0 Å². The van der Waals surface area contributed by atoms with E-state index in [1.807, 2.05) is 24.3 Å². The first-order chi connectivity index (χ1) is 10.3. The first-order valence-corrected chi connectivity index (χ1v) is 6.75. The molecule has 0 spiro atoms. The molecule has 5 heteroatoms. The van der Waals surface area contributed by atoms with Crippen LogP contribution in [0.5, 0.6) is 23.0 Å². The lowest BCUT2D eigenvalue weighted by Gasteiger charge is -2.19. The maximum absolute atomic E-state index is 9.75. The maximum atomic E-state index is 9.75. The first kappa shape index (κ1) is 13.4. The smallest absolute Gasteiger partial charge is 0.161 e. The normalized spacial score (nSPS) is 12.8. The molecule has 0 aliphatic carbocycles. The van der Waals surface area contributed by atoms with Crippen LogP contribution in [-0.4, -0.2) is 25.4 Å². The van der Waals surface area contributed by atoms with E-state index in [2.05, 4.69) is 5.32 Å². The van der Waals surface area contributed by atoms with Gasteiger partial charge in [-0.05, 0) is 29.8 Å². The molecule has 0 bridgehead atoms. The average molecular weight is 287 g/mol. The third kappa shape index (κ3) is 2.97. The molecule has 1 aliphatic rings. The van der Waals surface area contributed by atoms with Crippen molar-refractivity contribution in [3.05, 3.63) is 42.0 Å². The van der Waals surface area contributed by atoms with Crippen LogP contribution in [0.1, 0.15) is 5.56 Å². The molecule has 5 nitrogen and oxygen atoms in total. The van der Waals surface area contributed by atoms with Crippen LogP contribution in [0.25, 0.3) is 0 Å². The second-order valence-corrected chi connectivity index (χ2v) is 4.72. The molecular weight excluding hydrogens is 270 g/mol. The molecule has 3 rings (SSSR count). The van der Waals surface area contributed by atoms with E-state index < -0.39 is 0 Å². The second-order valence-electron chi connectivity index (χ2n) is 4.72. The third-order valence-electron chi connectivity index (χ3n) is 3.28. The summed E-state index contributed by atoms with van der Waals surface area (Å²) in [5.74, 6) is 2.13. The van der Waals surface area contributed by atoms with Gasteiger partial charge in [-0.1, -0.05) is 6.07 Å². The van der Waals surface area contributed by atoms with Crippen molar-refractivity contribution >= 4 is 5.69 Å². The van der Waals surface area contributed by atoms with Gasteiger partial charge < -0.3 is 24.6 Å². The van der Waals surface area contributed by atoms with Crippen molar-refractivity contribution in [2.75, 3.05) is 25.6 Å². The highest BCUT2D eigenvalue weighted by Crippen LogP contribution is 2.32. The van der Waals surface area contributed by atoms with E-state index >= 15 is 0 Å². The maximum Gasteiger partial charge on any atom is 0.161 e. The lowest BCUT2D eigenvalue weighted by atomic mass is 10.2. The Morgan fingerprint density at radius 1 is 1.10 bits per heavy atom. The van der Waals surface area contributed by atoms with Crippen LogP contribution >= 0.6 is 0 Å². The zero-order chi connectivity index (χ0) is 14.7. The molecule has 0 saturated heterocycles. The Balaban J connectivity index is 1.68. The number of fused-ring (bicyclic) bond motifs is 1. The van der Waals surface area contributed by atoms with E-state index in [9.17, 15) is 5.11 Å². The number of aromatic hydroxyl groups is 1. The Kier molecular flexibility index (Phi) is 3.73. The molecule has 110 valence electrons. The van der Waals surface area contributed by atoms with Crippen molar-refractivity contribution in [2.45, 2.75) is 6.54 Å². The standard InChI is InChI=1S/C16H17NO4/c1-19-14-5-3-12(9-13(14)18)17-10-11-2-4-15-16(8-11)21-7-6-20-15/h2-5,8-9,17-18H,6-7,10H2,1H3. The van der Waals surface area contributed by atoms with Crippen molar-refractivity contribution < 1.29 is 19.3 Å². The van der Waals surface area contributed by atoms with E-state index in [4.69, 9.17) is 14.2 Å². The fourth-order valence-electron chi connectivity index (χ4n) is 2.20. The van der Waals surface area contributed by atoms with E-state index in [-0.39, 0.29) is 5.75 Å². The van der Waals surface area contributed by atoms with E-state index in [1.165, 1.54) is 7.11 Å². The number of phenolic OH excluding ortho intramolecular Hbond substituents is 1. The molecule has 0 saturated carbocycles. The van der Waals surface area contributed by atoms with E-state index in [0.717, 1.165) is 22.7 Å². The van der Waals surface area contributed by atoms with Gasteiger partial charge in [0.15, 0.2) is 23.0 Å². The number of phenols is 1. The van der Waals surface area contributed by atoms with E-state index in [0.29, 0.717) is 25.5 Å². The number of nitrogens with one attached hydrogen (secondary N) is 1. The van der Waals surface area contributed by atoms with Crippen molar-refractivity contribution in [2.24, 2.45) is 0 Å². The molecule has 2 aromatic rings. The summed E-state index contributed by atoms with van der Waals surface area (Å²) in [4.78, 5) is 0. The SMILES string of the molecule is COc1ccc(NCc2ccc3c(c2)OCCO3)cc1O. The predicted octanol–water partition coefficient (Wildman–Crippen LogP) is 2.78. The molecule has 0 aromatic heterocycles. The molecule has 0 amide bonds. The van der Waals surface area contributed by atoms with Gasteiger partial charge in [-0.15, -0.1) is 0 Å². The van der Waals surface area contributed by atoms with Crippen molar-refractivity contribution in [1.29, 1.82) is 0 Å². The van der Waals surface area contributed by atoms with Crippen molar-refractivity contribution in [3.63, 3.8) is 0 Å². The van der Waals surface area contributed by atoms with Crippen LogP contribution < -0.4 is 19.5 Å². The second kappa shape index (κ2) is 5.83. The Morgan fingerprint density at radius 3 is 2.67 bits per heavy atom. The number of rotatable bonds is 4. The number of anilines is 1. The molecule has 1 aliphatic heterocycles. The van der Waals surface area contributed by atoms with Gasteiger partial charge in [0.25, 0.3) is 0 Å². The predicted molar refractivity (Wildman–Crippen MR) is 79.4 cm³/mol. The summed E-state index contributed by atoms with van der Waals surface area (Å²) in [5.41, 5.74) is 1.90. The summed E-state index contributed by atoms with van der Waals surface area (Å²) in [6.45, 7) is 1.80. The molecule has 0 atom stereocenters. The van der Waals surface area contributed by atoms with Gasteiger partial charge in [-0.3, -0.25) is 0 Å². The number of hydrogen-bond acceptors (Lipinski definition) is 5. The van der Waals surface area contributed by atoms with Crippen LogP contribution in [0.3, 0.4) is 0 Å². The van der Waals surface area contributed by atoms with E-state index in [1.54, 1.807) is 12.1 Å². The molecule has 2 N–H and O–H groups in total. The van der Waals surface area contributed by atoms with Crippen molar-refractivity contribution in [1.82, 2.24) is 0 Å². The quantitative estimate of drug-likeness (QED) is 0.905. The molecule has 0 unspecified atom stereocenters. The Labute approximate surface area is 123 Å². The summed E-state index contributed by atoms with van der Waals surface area (Å²) in [5, 5.41) is 13.0. The fourth-order valence-corrected chi connectivity index (χ4v) is 2.20. The molecule has 2 aromatic carbocycles. The van der Waals surface area contributed by atoms with Gasteiger partial charge in [0.2, 0.25) is 0 Å². The summed E-state index contributed by atoms with van der Waals surface area (Å²) in [6, 6.07) is 11.1. The van der Waals surface area contributed by atoms with Crippen molar-refractivity contribution in [3.8, 4) is 23.0 Å². The molecule has 0 fully saturated rings. The van der Waals surface area contributed by atoms with Crippen LogP contribution in [-0.2, 0) is 6.54 Å². The summed E-state index contributed by atoms with van der Waals surface area (Å²) >= 11 is 0. The Bertz CT molecular complexity index is 642. The summed E-state index contributed by atoms with van der Waals surface area (Å²) in [6.07, 6.45) is 0. The van der Waals surface area contributed by atoms with Gasteiger partial charge >= 0.3 is 0 Å². The van der Waals surface area contributed by atoms with Gasteiger partial charge in [0.1, 0.15) is 13.2 Å². The highest BCUT2D eigenvalue weighted by atomic mass is 16.6. The van der Waals surface area contributed by atoms with Gasteiger partial charge in [-0.25, -0.2) is 0 Å². The number of methoxy groups -OCH3 is 1. The minimum absolute atomic E-state index is 0.115. The highest BCUT2D eigenvalue weighted by molar-refractivity contribution is 5.54. The van der Waals surface area contributed by atoms with Gasteiger partial charge in [-0.2, -0.15) is 0 Å². The van der Waals surface area contributed by atoms with Gasteiger partial charge in [0, 0.05) is 18.3 Å². The minimum atomic E-state index is 0.115. The monoisotopic (exact) mass is 287 g/mol. The summed E-state index contributed by atoms with van der Waals surface area (Å²) < 4.78 is 16.1. The fraction of sp³-hybridized carbons (Fsp3) is 0.250. The zero-order valence-corrected chi connectivity index (χ0v) is 11.8. The lowest BCUT2D eigenvalue weighted by molar-refractivity contribution is 0.171. The third-order valence-corrected chi connectivity index (χ3v) is 3.28. The number of hydrogen-bond donors (Lipinski definition) is 2. The minimum Gasteiger partial charge on any atom is -0.504 e. The average Bonchev–Trinajstić information content (AvgIpc) is 2.53. The molecule has 21 heavy (non-hydrogen) atoms. The Hall–Kier alpha value is -2.56. The molecule has 1 heterocycles. The lowest BCUT2D eigenvalue weighted by Crippen LogP contribution is -2.15. The Morgan fingerprint density at radius 2 is 1.90 bits per heavy atom. The van der Waals surface area contributed by atoms with Crippen LogP contribution in [0.2, 0.25) is 0 Å².